The fourth-order valence-electron chi connectivity index (χ4n) is 4.49. The zero-order valence-corrected chi connectivity index (χ0v) is 16.8. The molecule has 3 heterocycles. The number of benzene rings is 2. The molecule has 0 aromatic heterocycles. The Bertz CT molecular complexity index is 1050. The number of ether oxygens (including phenoxy) is 4. The third kappa shape index (κ3) is 2.50. The lowest BCUT2D eigenvalue weighted by molar-refractivity contribution is -0.121. The fraction of sp³-hybridized carbons (Fsp3) is 0.364. The van der Waals surface area contributed by atoms with E-state index < -0.39 is 5.41 Å². The molecule has 8 nitrogen and oxygen atoms in total. The number of rotatable bonds is 4. The van der Waals surface area contributed by atoms with E-state index in [2.05, 4.69) is 5.32 Å². The molecule has 1 atom stereocenters. The van der Waals surface area contributed by atoms with Crippen LogP contribution in [0.5, 0.6) is 17.2 Å². The molecule has 0 saturated carbocycles. The van der Waals surface area contributed by atoms with E-state index in [1.165, 1.54) is 0 Å². The number of amides is 2. The first-order valence-corrected chi connectivity index (χ1v) is 9.83. The van der Waals surface area contributed by atoms with Crippen molar-refractivity contribution in [2.75, 3.05) is 52.0 Å². The molecule has 8 heteroatoms. The second-order valence-electron chi connectivity index (χ2n) is 7.50. The van der Waals surface area contributed by atoms with Crippen LogP contribution in [0.1, 0.15) is 21.5 Å². The van der Waals surface area contributed by atoms with Crippen LogP contribution in [-0.4, -0.2) is 58.9 Å². The average molecular weight is 410 g/mol. The number of nitrogens with one attached hydrogen (secondary N) is 1. The highest BCUT2D eigenvalue weighted by Crippen LogP contribution is 2.55. The molecule has 2 aromatic rings. The number of fused-ring (bicyclic) bond motifs is 5. The average Bonchev–Trinajstić information content (AvgIpc) is 3.24. The van der Waals surface area contributed by atoms with E-state index in [9.17, 15) is 9.59 Å². The quantitative estimate of drug-likeness (QED) is 0.769. The Balaban J connectivity index is 1.67. The number of hydrogen-bond acceptors (Lipinski definition) is 6. The van der Waals surface area contributed by atoms with Gasteiger partial charge in [-0.3, -0.25) is 9.59 Å². The van der Waals surface area contributed by atoms with Gasteiger partial charge in [-0.25, -0.2) is 0 Å². The molecular formula is C22H22N2O6. The van der Waals surface area contributed by atoms with Crippen molar-refractivity contribution in [3.63, 3.8) is 0 Å². The summed E-state index contributed by atoms with van der Waals surface area (Å²) in [4.78, 5) is 28.2. The normalized spacial score (nSPS) is 20.7. The van der Waals surface area contributed by atoms with Gasteiger partial charge in [0.2, 0.25) is 5.91 Å². The first-order valence-electron chi connectivity index (χ1n) is 9.83. The molecule has 0 radical (unpaired) electrons. The van der Waals surface area contributed by atoms with E-state index in [1.54, 1.807) is 37.3 Å². The van der Waals surface area contributed by atoms with Crippen LogP contribution in [-0.2, 0) is 14.9 Å². The van der Waals surface area contributed by atoms with Crippen molar-refractivity contribution < 1.29 is 28.5 Å². The standard InChI is InChI=1S/C22H22N2O6/c1-24-15-5-3-4-13(20(25)23-6-7-27-2)19(15)22(21(24)26)12-30-16-11-18-17(10-14(16)22)28-8-9-29-18/h3-5,10-11H,6-9,12H2,1-2H3,(H,23,25). The van der Waals surface area contributed by atoms with Gasteiger partial charge in [0.05, 0.1) is 6.61 Å². The highest BCUT2D eigenvalue weighted by Gasteiger charge is 2.58. The lowest BCUT2D eigenvalue weighted by atomic mass is 9.75. The maximum atomic E-state index is 13.6. The lowest BCUT2D eigenvalue weighted by Crippen LogP contribution is -2.42. The topological polar surface area (TPSA) is 86.3 Å². The van der Waals surface area contributed by atoms with Gasteiger partial charge >= 0.3 is 0 Å². The smallest absolute Gasteiger partial charge is 0.251 e. The predicted octanol–water partition coefficient (Wildman–Crippen LogP) is 1.49. The van der Waals surface area contributed by atoms with E-state index in [-0.39, 0.29) is 18.4 Å². The third-order valence-electron chi connectivity index (χ3n) is 5.89. The first kappa shape index (κ1) is 18.7. The molecule has 0 fully saturated rings. The van der Waals surface area contributed by atoms with Crippen molar-refractivity contribution in [2.24, 2.45) is 0 Å². The number of likely N-dealkylation sites (N-methyl/N-ethyl adjacent to an activating group) is 1. The first-order chi connectivity index (χ1) is 14.6. The van der Waals surface area contributed by atoms with E-state index in [0.717, 1.165) is 0 Å². The van der Waals surface area contributed by atoms with E-state index in [1.807, 2.05) is 12.1 Å². The molecule has 1 spiro atoms. The highest BCUT2D eigenvalue weighted by molar-refractivity contribution is 6.14. The number of carbonyl (C=O) groups excluding carboxylic acids is 2. The number of anilines is 1. The highest BCUT2D eigenvalue weighted by atomic mass is 16.6. The lowest BCUT2D eigenvalue weighted by Gasteiger charge is -2.25. The zero-order valence-electron chi connectivity index (χ0n) is 16.8. The summed E-state index contributed by atoms with van der Waals surface area (Å²) >= 11 is 0. The molecule has 2 amide bonds. The summed E-state index contributed by atoms with van der Waals surface area (Å²) in [7, 11) is 3.30. The summed E-state index contributed by atoms with van der Waals surface area (Å²) in [5.74, 6) is 1.36. The van der Waals surface area contributed by atoms with Crippen LogP contribution in [0, 0.1) is 0 Å². The van der Waals surface area contributed by atoms with Crippen molar-refractivity contribution in [1.82, 2.24) is 5.32 Å². The monoisotopic (exact) mass is 410 g/mol. The van der Waals surface area contributed by atoms with Crippen LogP contribution < -0.4 is 24.4 Å². The van der Waals surface area contributed by atoms with E-state index in [0.29, 0.717) is 66.0 Å². The van der Waals surface area contributed by atoms with Gasteiger partial charge in [-0.2, -0.15) is 0 Å². The van der Waals surface area contributed by atoms with Gasteiger partial charge in [0.1, 0.15) is 31.0 Å². The SMILES string of the molecule is COCCNC(=O)c1cccc2c1C1(COc3cc4c(cc31)OCCO4)C(=O)N2C. The number of nitrogens with zero attached hydrogens (tertiary/aromatic N) is 1. The molecule has 5 rings (SSSR count). The maximum absolute atomic E-state index is 13.6. The minimum absolute atomic E-state index is 0.115. The molecule has 1 unspecified atom stereocenters. The van der Waals surface area contributed by atoms with Gasteiger partial charge in [-0.1, -0.05) is 6.07 Å². The van der Waals surface area contributed by atoms with Gasteiger partial charge < -0.3 is 29.2 Å². The minimum atomic E-state index is -1.11. The van der Waals surface area contributed by atoms with Crippen LogP contribution in [0.2, 0.25) is 0 Å². The predicted molar refractivity (Wildman–Crippen MR) is 108 cm³/mol. The molecule has 3 aliphatic rings. The minimum Gasteiger partial charge on any atom is -0.491 e. The Morgan fingerprint density at radius 1 is 1.17 bits per heavy atom. The Hall–Kier alpha value is -3.26. The van der Waals surface area contributed by atoms with Crippen molar-refractivity contribution >= 4 is 17.5 Å². The van der Waals surface area contributed by atoms with Crippen LogP contribution in [0.25, 0.3) is 0 Å². The van der Waals surface area contributed by atoms with Gasteiger partial charge in [0.25, 0.3) is 5.91 Å². The van der Waals surface area contributed by atoms with Crippen molar-refractivity contribution in [1.29, 1.82) is 0 Å². The molecule has 1 N–H and O–H groups in total. The van der Waals surface area contributed by atoms with E-state index in [4.69, 9.17) is 18.9 Å². The van der Waals surface area contributed by atoms with Crippen molar-refractivity contribution in [2.45, 2.75) is 5.41 Å². The van der Waals surface area contributed by atoms with Gasteiger partial charge in [0.15, 0.2) is 11.5 Å². The van der Waals surface area contributed by atoms with Gasteiger partial charge in [0, 0.05) is 49.1 Å². The molecule has 2 aromatic carbocycles. The van der Waals surface area contributed by atoms with Crippen LogP contribution in [0.15, 0.2) is 30.3 Å². The summed E-state index contributed by atoms with van der Waals surface area (Å²) in [5, 5.41) is 2.86. The van der Waals surface area contributed by atoms with E-state index >= 15 is 0 Å². The van der Waals surface area contributed by atoms with Crippen LogP contribution in [0.4, 0.5) is 5.69 Å². The molecule has 30 heavy (non-hydrogen) atoms. The Morgan fingerprint density at radius 3 is 2.70 bits per heavy atom. The second-order valence-corrected chi connectivity index (χ2v) is 7.50. The number of carbonyl (C=O) groups is 2. The number of methoxy groups -OCH3 is 1. The molecule has 0 bridgehead atoms. The van der Waals surface area contributed by atoms with Crippen molar-refractivity contribution in [3.8, 4) is 17.2 Å². The van der Waals surface area contributed by atoms with Gasteiger partial charge in [-0.05, 0) is 18.2 Å². The Morgan fingerprint density at radius 2 is 1.93 bits per heavy atom. The van der Waals surface area contributed by atoms with Gasteiger partial charge in [-0.15, -0.1) is 0 Å². The molecular weight excluding hydrogens is 388 g/mol. The fourth-order valence-corrected chi connectivity index (χ4v) is 4.49. The molecule has 156 valence electrons. The summed E-state index contributed by atoms with van der Waals surface area (Å²) in [6.07, 6.45) is 0. The Kier molecular flexibility index (Phi) is 4.32. The molecule has 3 aliphatic heterocycles. The molecule has 0 saturated heterocycles. The molecule has 0 aliphatic carbocycles. The summed E-state index contributed by atoms with van der Waals surface area (Å²) in [6, 6.07) is 8.96. The largest absolute Gasteiger partial charge is 0.491 e. The third-order valence-corrected chi connectivity index (χ3v) is 5.89. The summed E-state index contributed by atoms with van der Waals surface area (Å²) in [6.45, 7) is 1.80. The second kappa shape index (κ2) is 6.91. The Labute approximate surface area is 173 Å². The zero-order chi connectivity index (χ0) is 20.9. The summed E-state index contributed by atoms with van der Waals surface area (Å²) < 4.78 is 22.4. The van der Waals surface area contributed by atoms with Crippen LogP contribution in [0.3, 0.4) is 0 Å². The van der Waals surface area contributed by atoms with Crippen LogP contribution >= 0.6 is 0 Å². The summed E-state index contributed by atoms with van der Waals surface area (Å²) in [5.41, 5.74) is 1.39. The maximum Gasteiger partial charge on any atom is 0.251 e. The number of hydrogen-bond donors (Lipinski definition) is 1. The van der Waals surface area contributed by atoms with Crippen molar-refractivity contribution in [3.05, 3.63) is 47.0 Å².